The van der Waals surface area contributed by atoms with Gasteiger partial charge in [0.2, 0.25) is 5.88 Å². The van der Waals surface area contributed by atoms with E-state index in [9.17, 15) is 23.3 Å². The second-order valence-electron chi connectivity index (χ2n) is 7.57. The van der Waals surface area contributed by atoms with Crippen LogP contribution in [0.4, 0.5) is 5.69 Å². The number of aromatic nitrogens is 2. The maximum Gasteiger partial charge on any atom is 0.307 e. The van der Waals surface area contributed by atoms with Crippen molar-refractivity contribution in [1.29, 1.82) is 0 Å². The Bertz CT molecular complexity index is 1160. The topological polar surface area (TPSA) is 121 Å². The van der Waals surface area contributed by atoms with Crippen molar-refractivity contribution in [3.63, 3.8) is 0 Å². The van der Waals surface area contributed by atoms with Gasteiger partial charge in [-0.25, -0.2) is 4.68 Å². The Morgan fingerprint density at radius 3 is 2.39 bits per heavy atom. The summed E-state index contributed by atoms with van der Waals surface area (Å²) in [6.07, 6.45) is 3.72. The Balaban J connectivity index is 2.70. The first kappa shape index (κ1) is 24.3. The molecule has 0 atom stereocenters. The van der Waals surface area contributed by atoms with Crippen LogP contribution in [-0.2, 0) is 16.7 Å². The number of hydrogen-bond acceptors (Lipinski definition) is 7. The number of nitrogens with zero attached hydrogens (tertiary/aromatic N) is 3. The van der Waals surface area contributed by atoms with Crippen molar-refractivity contribution in [1.82, 2.24) is 9.78 Å². The number of ketones is 1. The van der Waals surface area contributed by atoms with Gasteiger partial charge < -0.3 is 4.18 Å². The van der Waals surface area contributed by atoms with E-state index >= 15 is 0 Å². The number of hydrogen-bond donors (Lipinski definition) is 0. The number of nitro benzene ring substituents is 1. The third-order valence-corrected chi connectivity index (χ3v) is 5.46. The molecule has 31 heavy (non-hydrogen) atoms. The molecule has 0 saturated carbocycles. The zero-order valence-electron chi connectivity index (χ0n) is 18.6. The van der Waals surface area contributed by atoms with Crippen LogP contribution in [0.2, 0.25) is 0 Å². The molecular weight excluding hydrogens is 422 g/mol. The van der Waals surface area contributed by atoms with Crippen molar-refractivity contribution < 1.29 is 22.3 Å². The van der Waals surface area contributed by atoms with Crippen LogP contribution in [0.1, 0.15) is 67.6 Å². The van der Waals surface area contributed by atoms with Crippen LogP contribution in [0, 0.1) is 17.0 Å². The average molecular weight is 450 g/mol. The number of rotatable bonds is 9. The van der Waals surface area contributed by atoms with Crippen LogP contribution in [0.15, 0.2) is 23.9 Å². The molecule has 1 aromatic heterocycles. The van der Waals surface area contributed by atoms with E-state index < -0.39 is 20.8 Å². The molecule has 2 rings (SSSR count). The SMILES string of the molecule is CCCCn1ncc(C(=O)c2ccc([N+](=O)[O-])c(C(C)=C(C)C)c2C)c1OS(C)(=O)=O. The molecule has 1 heterocycles. The van der Waals surface area contributed by atoms with Gasteiger partial charge in [-0.15, -0.1) is 0 Å². The lowest BCUT2D eigenvalue weighted by Crippen LogP contribution is -2.14. The molecule has 0 bridgehead atoms. The van der Waals surface area contributed by atoms with E-state index in [2.05, 4.69) is 5.10 Å². The molecule has 0 radical (unpaired) electrons. The Kier molecular flexibility index (Phi) is 7.37. The number of nitro groups is 1. The van der Waals surface area contributed by atoms with Crippen LogP contribution >= 0.6 is 0 Å². The predicted octanol–water partition coefficient (Wildman–Crippen LogP) is 4.28. The Morgan fingerprint density at radius 2 is 1.87 bits per heavy atom. The smallest absolute Gasteiger partial charge is 0.307 e. The molecule has 0 fully saturated rings. The summed E-state index contributed by atoms with van der Waals surface area (Å²) in [5.41, 5.74) is 2.49. The summed E-state index contributed by atoms with van der Waals surface area (Å²) in [4.78, 5) is 24.5. The first-order valence-electron chi connectivity index (χ1n) is 9.81. The number of benzene rings is 1. The number of carbonyl (C=O) groups is 1. The first-order valence-corrected chi connectivity index (χ1v) is 11.6. The molecule has 0 aliphatic rings. The second-order valence-corrected chi connectivity index (χ2v) is 9.15. The molecule has 0 spiro atoms. The van der Waals surface area contributed by atoms with E-state index in [1.54, 1.807) is 13.8 Å². The number of aryl methyl sites for hydroxylation is 1. The lowest BCUT2D eigenvalue weighted by atomic mass is 9.90. The Labute approximate surface area is 182 Å². The average Bonchev–Trinajstić information content (AvgIpc) is 3.05. The highest BCUT2D eigenvalue weighted by Gasteiger charge is 2.28. The number of unbranched alkanes of at least 4 members (excludes halogenated alkanes) is 1. The zero-order valence-corrected chi connectivity index (χ0v) is 19.4. The van der Waals surface area contributed by atoms with Crippen molar-refractivity contribution in [3.05, 3.63) is 56.3 Å². The maximum absolute atomic E-state index is 13.4. The fourth-order valence-electron chi connectivity index (χ4n) is 3.19. The van der Waals surface area contributed by atoms with Crippen molar-refractivity contribution in [2.75, 3.05) is 6.26 Å². The third-order valence-electron chi connectivity index (χ3n) is 5.00. The molecular formula is C21H27N3O6S. The number of allylic oxidation sites excluding steroid dienone is 2. The molecule has 1 aromatic carbocycles. The quantitative estimate of drug-likeness (QED) is 0.242. The zero-order chi connectivity index (χ0) is 23.5. The van der Waals surface area contributed by atoms with Crippen LogP contribution in [0.3, 0.4) is 0 Å². The standard InChI is InChI=1S/C21H27N3O6S/c1-7-8-11-23-21(30-31(6,28)29)17(12-22-23)20(25)16-9-10-18(24(26)27)19(15(16)5)14(4)13(2)3/h9-10,12H,7-8,11H2,1-6H3. The van der Waals surface area contributed by atoms with Crippen molar-refractivity contribution >= 4 is 27.2 Å². The lowest BCUT2D eigenvalue weighted by molar-refractivity contribution is -0.385. The summed E-state index contributed by atoms with van der Waals surface area (Å²) in [5.74, 6) is -0.671. The first-order chi connectivity index (χ1) is 14.4. The second kappa shape index (κ2) is 9.42. The summed E-state index contributed by atoms with van der Waals surface area (Å²) >= 11 is 0. The molecule has 2 aromatic rings. The highest BCUT2D eigenvalue weighted by Crippen LogP contribution is 2.34. The van der Waals surface area contributed by atoms with Gasteiger partial charge in [0, 0.05) is 18.2 Å². The van der Waals surface area contributed by atoms with Gasteiger partial charge in [0.05, 0.1) is 22.9 Å². The summed E-state index contributed by atoms with van der Waals surface area (Å²) < 4.78 is 30.0. The van der Waals surface area contributed by atoms with E-state index in [1.807, 2.05) is 20.8 Å². The molecule has 0 N–H and O–H groups in total. The van der Waals surface area contributed by atoms with Gasteiger partial charge in [0.25, 0.3) is 5.69 Å². The molecule has 0 aliphatic carbocycles. The monoisotopic (exact) mass is 449 g/mol. The van der Waals surface area contributed by atoms with Gasteiger partial charge in [-0.2, -0.15) is 13.5 Å². The van der Waals surface area contributed by atoms with Gasteiger partial charge in [-0.05, 0) is 51.3 Å². The van der Waals surface area contributed by atoms with E-state index in [0.29, 0.717) is 23.2 Å². The summed E-state index contributed by atoms with van der Waals surface area (Å²) in [6.45, 7) is 9.43. The van der Waals surface area contributed by atoms with Gasteiger partial charge in [-0.1, -0.05) is 18.9 Å². The molecule has 0 amide bonds. The van der Waals surface area contributed by atoms with Crippen LogP contribution in [-0.4, -0.2) is 35.2 Å². The van der Waals surface area contributed by atoms with Crippen molar-refractivity contribution in [3.8, 4) is 5.88 Å². The molecule has 0 saturated heterocycles. The Morgan fingerprint density at radius 1 is 1.23 bits per heavy atom. The van der Waals surface area contributed by atoms with Gasteiger partial charge >= 0.3 is 10.1 Å². The minimum absolute atomic E-state index is 0.0146. The molecule has 0 aliphatic heterocycles. The molecule has 168 valence electrons. The van der Waals surface area contributed by atoms with Gasteiger partial charge in [-0.3, -0.25) is 14.9 Å². The maximum atomic E-state index is 13.4. The molecule has 10 heteroatoms. The molecule has 9 nitrogen and oxygen atoms in total. The Hall–Kier alpha value is -3.01. The van der Waals surface area contributed by atoms with E-state index in [0.717, 1.165) is 24.7 Å². The van der Waals surface area contributed by atoms with Gasteiger partial charge in [0.1, 0.15) is 5.56 Å². The summed E-state index contributed by atoms with van der Waals surface area (Å²) in [6, 6.07) is 2.67. The molecule has 0 unspecified atom stereocenters. The van der Waals surface area contributed by atoms with E-state index in [-0.39, 0.29) is 22.7 Å². The lowest BCUT2D eigenvalue weighted by Gasteiger charge is -2.14. The van der Waals surface area contributed by atoms with Crippen molar-refractivity contribution in [2.45, 2.75) is 54.0 Å². The summed E-state index contributed by atoms with van der Waals surface area (Å²) in [5, 5.41) is 15.7. The fourth-order valence-corrected chi connectivity index (χ4v) is 3.65. The highest BCUT2D eigenvalue weighted by atomic mass is 32.2. The minimum Gasteiger partial charge on any atom is -0.361 e. The predicted molar refractivity (Wildman–Crippen MR) is 118 cm³/mol. The van der Waals surface area contributed by atoms with Gasteiger partial charge in [0.15, 0.2) is 5.78 Å². The van der Waals surface area contributed by atoms with Crippen molar-refractivity contribution in [2.24, 2.45) is 0 Å². The number of carbonyl (C=O) groups excluding carboxylic acids is 1. The fraction of sp³-hybridized carbons (Fsp3) is 0.429. The van der Waals surface area contributed by atoms with Crippen LogP contribution < -0.4 is 4.18 Å². The largest absolute Gasteiger partial charge is 0.361 e. The normalized spacial score (nSPS) is 11.3. The van der Waals surface area contributed by atoms with E-state index in [4.69, 9.17) is 4.18 Å². The van der Waals surface area contributed by atoms with Crippen LogP contribution in [0.5, 0.6) is 5.88 Å². The van der Waals surface area contributed by atoms with E-state index in [1.165, 1.54) is 23.0 Å². The van der Waals surface area contributed by atoms with Crippen LogP contribution in [0.25, 0.3) is 5.57 Å². The minimum atomic E-state index is -3.90. The third kappa shape index (κ3) is 5.38. The highest BCUT2D eigenvalue weighted by molar-refractivity contribution is 7.86. The summed E-state index contributed by atoms with van der Waals surface area (Å²) in [7, 11) is -3.90.